The minimum atomic E-state index is -0.984. The number of benzene rings is 1. The summed E-state index contributed by atoms with van der Waals surface area (Å²) in [6, 6.07) is 6.17. The second-order valence-corrected chi connectivity index (χ2v) is 10.8. The number of hydrogen-bond donors (Lipinski definition) is 2. The van der Waals surface area contributed by atoms with E-state index in [0.717, 1.165) is 18.4 Å². The van der Waals surface area contributed by atoms with Gasteiger partial charge in [-0.3, -0.25) is 9.59 Å². The molecule has 1 aromatic carbocycles. The van der Waals surface area contributed by atoms with Gasteiger partial charge in [-0.1, -0.05) is 12.1 Å². The Morgan fingerprint density at radius 1 is 1.28 bits per heavy atom. The van der Waals surface area contributed by atoms with E-state index in [0.29, 0.717) is 13.0 Å². The summed E-state index contributed by atoms with van der Waals surface area (Å²) in [5.41, 5.74) is 0.111. The van der Waals surface area contributed by atoms with E-state index in [1.165, 1.54) is 17.0 Å². The minimum Gasteiger partial charge on any atom is -0.444 e. The van der Waals surface area contributed by atoms with Crippen molar-refractivity contribution in [3.8, 4) is 6.07 Å². The SMILES string of the molecule is C[C@H](c1ccc(F)cc1)N1C(=O)[C@@H](NCC(NC(=O)OC(C)(C)C)C(=O)N2CCCC2C#N)[C@@H]2C[C@H]21. The normalized spacial score (nSPS) is 26.7. The quantitative estimate of drug-likeness (QED) is 0.596. The van der Waals surface area contributed by atoms with Crippen LogP contribution >= 0.6 is 0 Å². The lowest BCUT2D eigenvalue weighted by Crippen LogP contribution is -2.56. The minimum absolute atomic E-state index is 0.0329. The molecule has 6 atom stereocenters. The molecule has 2 unspecified atom stereocenters. The van der Waals surface area contributed by atoms with Crippen LogP contribution in [0, 0.1) is 23.1 Å². The van der Waals surface area contributed by atoms with Crippen LogP contribution < -0.4 is 10.6 Å². The number of carbonyl (C=O) groups is 3. The van der Waals surface area contributed by atoms with E-state index in [1.54, 1.807) is 32.9 Å². The van der Waals surface area contributed by atoms with Crippen LogP contribution in [0.25, 0.3) is 0 Å². The Balaban J connectivity index is 1.44. The van der Waals surface area contributed by atoms with E-state index in [2.05, 4.69) is 16.7 Å². The predicted molar refractivity (Wildman–Crippen MR) is 129 cm³/mol. The molecule has 36 heavy (non-hydrogen) atoms. The smallest absolute Gasteiger partial charge is 0.408 e. The van der Waals surface area contributed by atoms with E-state index < -0.39 is 29.8 Å². The molecule has 3 aliphatic rings. The molecule has 1 aliphatic carbocycles. The lowest BCUT2D eigenvalue weighted by atomic mass is 10.1. The average Bonchev–Trinajstić information content (AvgIpc) is 3.31. The first kappa shape index (κ1) is 25.9. The summed E-state index contributed by atoms with van der Waals surface area (Å²) in [4.78, 5) is 42.4. The molecule has 2 N–H and O–H groups in total. The summed E-state index contributed by atoms with van der Waals surface area (Å²) >= 11 is 0. The summed E-state index contributed by atoms with van der Waals surface area (Å²) in [7, 11) is 0. The van der Waals surface area contributed by atoms with Crippen LogP contribution in [0.4, 0.5) is 9.18 Å². The number of halogens is 1. The van der Waals surface area contributed by atoms with Gasteiger partial charge in [-0.15, -0.1) is 0 Å². The number of nitrogens with zero attached hydrogens (tertiary/aromatic N) is 3. The molecule has 1 aromatic rings. The third-order valence-corrected chi connectivity index (χ3v) is 7.10. The molecule has 4 rings (SSSR count). The molecule has 0 aromatic heterocycles. The molecular weight excluding hydrogens is 465 g/mol. The van der Waals surface area contributed by atoms with Crippen molar-refractivity contribution in [3.63, 3.8) is 0 Å². The zero-order valence-corrected chi connectivity index (χ0v) is 21.2. The molecule has 3 amide bonds. The summed E-state index contributed by atoms with van der Waals surface area (Å²) in [6.07, 6.45) is 1.42. The molecule has 1 saturated carbocycles. The van der Waals surface area contributed by atoms with Gasteiger partial charge in [0.2, 0.25) is 11.8 Å². The molecule has 10 heteroatoms. The second-order valence-electron chi connectivity index (χ2n) is 10.8. The fourth-order valence-electron chi connectivity index (χ4n) is 5.26. The lowest BCUT2D eigenvalue weighted by Gasteiger charge is -2.30. The number of carbonyl (C=O) groups excluding carboxylic acids is 3. The van der Waals surface area contributed by atoms with Gasteiger partial charge in [0.25, 0.3) is 0 Å². The molecule has 0 bridgehead atoms. The van der Waals surface area contributed by atoms with E-state index in [9.17, 15) is 24.0 Å². The average molecular weight is 500 g/mol. The summed E-state index contributed by atoms with van der Waals surface area (Å²) < 4.78 is 18.7. The topological polar surface area (TPSA) is 115 Å². The van der Waals surface area contributed by atoms with Crippen LogP contribution in [0.3, 0.4) is 0 Å². The van der Waals surface area contributed by atoms with Gasteiger partial charge in [-0.05, 0) is 64.7 Å². The Labute approximate surface area is 210 Å². The first-order valence-electron chi connectivity index (χ1n) is 12.5. The second kappa shape index (κ2) is 10.1. The fraction of sp³-hybridized carbons (Fsp3) is 0.615. The van der Waals surface area contributed by atoms with Crippen LogP contribution in [-0.4, -0.2) is 70.6 Å². The molecule has 2 saturated heterocycles. The fourth-order valence-corrected chi connectivity index (χ4v) is 5.26. The predicted octanol–water partition coefficient (Wildman–Crippen LogP) is 2.48. The highest BCUT2D eigenvalue weighted by Gasteiger charge is 2.59. The number of hydrogen-bond acceptors (Lipinski definition) is 6. The molecule has 0 radical (unpaired) electrons. The summed E-state index contributed by atoms with van der Waals surface area (Å²) in [5.74, 6) is -0.664. The Bertz CT molecular complexity index is 1050. The van der Waals surface area contributed by atoms with Gasteiger partial charge in [-0.2, -0.15) is 5.26 Å². The van der Waals surface area contributed by atoms with Crippen molar-refractivity contribution in [1.29, 1.82) is 5.26 Å². The number of rotatable bonds is 7. The monoisotopic (exact) mass is 499 g/mol. The van der Waals surface area contributed by atoms with Crippen LogP contribution in [0.15, 0.2) is 24.3 Å². The Morgan fingerprint density at radius 3 is 2.61 bits per heavy atom. The molecule has 2 aliphatic heterocycles. The number of nitriles is 1. The number of alkyl carbamates (subject to hydrolysis) is 1. The zero-order chi connectivity index (χ0) is 26.2. The molecule has 2 heterocycles. The van der Waals surface area contributed by atoms with Crippen molar-refractivity contribution in [2.24, 2.45) is 5.92 Å². The summed E-state index contributed by atoms with van der Waals surface area (Å²) in [6.45, 7) is 7.60. The van der Waals surface area contributed by atoms with Crippen molar-refractivity contribution >= 4 is 17.9 Å². The van der Waals surface area contributed by atoms with Crippen LogP contribution in [0.5, 0.6) is 0 Å². The van der Waals surface area contributed by atoms with Gasteiger partial charge in [0.15, 0.2) is 0 Å². The van der Waals surface area contributed by atoms with E-state index in [-0.39, 0.29) is 42.2 Å². The number of piperidine rings is 1. The maximum Gasteiger partial charge on any atom is 0.408 e. The summed E-state index contributed by atoms with van der Waals surface area (Å²) in [5, 5.41) is 15.3. The van der Waals surface area contributed by atoms with Crippen molar-refractivity contribution < 1.29 is 23.5 Å². The first-order valence-corrected chi connectivity index (χ1v) is 12.5. The van der Waals surface area contributed by atoms with E-state index >= 15 is 0 Å². The van der Waals surface area contributed by atoms with Gasteiger partial charge >= 0.3 is 6.09 Å². The number of nitrogens with one attached hydrogen (secondary N) is 2. The van der Waals surface area contributed by atoms with Crippen LogP contribution in [0.1, 0.15) is 58.6 Å². The molecule has 9 nitrogen and oxygen atoms in total. The van der Waals surface area contributed by atoms with Crippen molar-refractivity contribution in [1.82, 2.24) is 20.4 Å². The van der Waals surface area contributed by atoms with Crippen molar-refractivity contribution in [3.05, 3.63) is 35.6 Å². The van der Waals surface area contributed by atoms with Gasteiger partial charge in [0.05, 0.1) is 18.2 Å². The molecule has 0 spiro atoms. The molecule has 194 valence electrons. The van der Waals surface area contributed by atoms with Gasteiger partial charge in [-0.25, -0.2) is 9.18 Å². The van der Waals surface area contributed by atoms with Crippen molar-refractivity contribution in [2.75, 3.05) is 13.1 Å². The van der Waals surface area contributed by atoms with Crippen LogP contribution in [-0.2, 0) is 14.3 Å². The highest BCUT2D eigenvalue weighted by atomic mass is 19.1. The maximum atomic E-state index is 13.4. The Kier molecular flexibility index (Phi) is 7.23. The number of ether oxygens (including phenoxy) is 1. The van der Waals surface area contributed by atoms with E-state index in [4.69, 9.17) is 4.74 Å². The largest absolute Gasteiger partial charge is 0.444 e. The highest BCUT2D eigenvalue weighted by Crippen LogP contribution is 2.49. The van der Waals surface area contributed by atoms with Crippen molar-refractivity contribution in [2.45, 2.75) is 82.8 Å². The Morgan fingerprint density at radius 2 is 1.97 bits per heavy atom. The number of amides is 3. The number of fused-ring (bicyclic) bond motifs is 1. The zero-order valence-electron chi connectivity index (χ0n) is 21.2. The molecular formula is C26H34FN5O4. The van der Waals surface area contributed by atoms with E-state index in [1.807, 2.05) is 11.8 Å². The first-order chi connectivity index (χ1) is 17.0. The highest BCUT2D eigenvalue weighted by molar-refractivity contribution is 5.88. The maximum absolute atomic E-state index is 13.4. The molecule has 3 fully saturated rings. The van der Waals surface area contributed by atoms with Gasteiger partial charge in [0.1, 0.15) is 23.5 Å². The van der Waals surface area contributed by atoms with Crippen LogP contribution in [0.2, 0.25) is 0 Å². The number of likely N-dealkylation sites (tertiary alicyclic amines) is 2. The Hall–Kier alpha value is -3.19. The standard InChI is InChI=1S/C26H34FN5O4/c1-15(16-7-9-17(27)10-8-16)32-21-12-19(21)22(24(32)34)29-14-20(30-25(35)36-26(2,3)4)23(33)31-11-5-6-18(31)13-28/h7-10,15,18-22,29H,5-6,11-12,14H2,1-4H3,(H,30,35)/t15-,18?,19-,20?,21-,22+/m1/s1. The lowest BCUT2D eigenvalue weighted by molar-refractivity contribution is -0.135. The van der Waals surface area contributed by atoms with Gasteiger partial charge < -0.3 is 25.2 Å². The third kappa shape index (κ3) is 5.46. The third-order valence-electron chi connectivity index (χ3n) is 7.10. The van der Waals surface area contributed by atoms with Gasteiger partial charge in [0, 0.05) is 25.0 Å².